The molecule has 0 amide bonds. The molecule has 1 N–H and O–H groups in total. The van der Waals surface area contributed by atoms with Crippen molar-refractivity contribution in [2.24, 2.45) is 7.05 Å². The average Bonchev–Trinajstić information content (AvgIpc) is 2.57. The SMILES string of the molecule is CNCc1cc(F)cc(Sc2cc(C)nn2C)c1. The highest BCUT2D eigenvalue weighted by atomic mass is 32.2. The van der Waals surface area contributed by atoms with Gasteiger partial charge in [-0.15, -0.1) is 0 Å². The Hall–Kier alpha value is -1.33. The number of nitrogens with one attached hydrogen (secondary N) is 1. The lowest BCUT2D eigenvalue weighted by molar-refractivity contribution is 0.619. The second-order valence-electron chi connectivity index (χ2n) is 4.18. The molecule has 0 aliphatic carbocycles. The van der Waals surface area contributed by atoms with Gasteiger partial charge in [0.05, 0.1) is 10.7 Å². The number of aryl methyl sites for hydroxylation is 2. The molecule has 0 atom stereocenters. The van der Waals surface area contributed by atoms with Gasteiger partial charge in [-0.05, 0) is 43.8 Å². The highest BCUT2D eigenvalue weighted by Gasteiger charge is 2.06. The third-order valence-electron chi connectivity index (χ3n) is 2.49. The molecular weight excluding hydrogens is 249 g/mol. The van der Waals surface area contributed by atoms with E-state index in [4.69, 9.17) is 0 Å². The predicted octanol–water partition coefficient (Wildman–Crippen LogP) is 2.74. The van der Waals surface area contributed by atoms with Gasteiger partial charge >= 0.3 is 0 Å². The lowest BCUT2D eigenvalue weighted by Gasteiger charge is -2.06. The Morgan fingerprint density at radius 2 is 2.11 bits per heavy atom. The van der Waals surface area contributed by atoms with Crippen LogP contribution in [0.4, 0.5) is 4.39 Å². The summed E-state index contributed by atoms with van der Waals surface area (Å²) >= 11 is 1.52. The fourth-order valence-corrected chi connectivity index (χ4v) is 2.81. The highest BCUT2D eigenvalue weighted by Crippen LogP contribution is 2.29. The molecule has 0 saturated carbocycles. The topological polar surface area (TPSA) is 29.9 Å². The van der Waals surface area contributed by atoms with Gasteiger partial charge in [0.25, 0.3) is 0 Å². The first-order valence-electron chi connectivity index (χ1n) is 5.71. The first kappa shape index (κ1) is 13.1. The van der Waals surface area contributed by atoms with E-state index in [-0.39, 0.29) is 5.82 Å². The Morgan fingerprint density at radius 1 is 1.33 bits per heavy atom. The van der Waals surface area contributed by atoms with E-state index in [1.165, 1.54) is 11.8 Å². The van der Waals surface area contributed by atoms with Gasteiger partial charge in [0.15, 0.2) is 0 Å². The third kappa shape index (κ3) is 3.11. The fourth-order valence-electron chi connectivity index (χ4n) is 1.79. The van der Waals surface area contributed by atoms with Crippen LogP contribution >= 0.6 is 11.8 Å². The van der Waals surface area contributed by atoms with E-state index in [1.807, 2.05) is 37.8 Å². The molecule has 0 aliphatic rings. The van der Waals surface area contributed by atoms with Crippen LogP contribution in [0.3, 0.4) is 0 Å². The lowest BCUT2D eigenvalue weighted by atomic mass is 10.2. The van der Waals surface area contributed by atoms with Gasteiger partial charge in [0.2, 0.25) is 0 Å². The molecule has 3 nitrogen and oxygen atoms in total. The van der Waals surface area contributed by atoms with Gasteiger partial charge in [0.1, 0.15) is 5.82 Å². The van der Waals surface area contributed by atoms with E-state index >= 15 is 0 Å². The number of benzene rings is 1. The Labute approximate surface area is 110 Å². The maximum atomic E-state index is 13.5. The number of rotatable bonds is 4. The lowest BCUT2D eigenvalue weighted by Crippen LogP contribution is -2.05. The quantitative estimate of drug-likeness (QED) is 0.922. The molecule has 0 aliphatic heterocycles. The summed E-state index contributed by atoms with van der Waals surface area (Å²) in [4.78, 5) is 0.892. The van der Waals surface area contributed by atoms with Crippen LogP contribution in [0.2, 0.25) is 0 Å². The molecular formula is C13H16FN3S. The van der Waals surface area contributed by atoms with Gasteiger partial charge in [-0.3, -0.25) is 4.68 Å². The predicted molar refractivity (Wildman–Crippen MR) is 71.2 cm³/mol. The van der Waals surface area contributed by atoms with Crippen molar-refractivity contribution in [2.45, 2.75) is 23.4 Å². The van der Waals surface area contributed by atoms with Crippen LogP contribution in [0.25, 0.3) is 0 Å². The molecule has 0 radical (unpaired) electrons. The highest BCUT2D eigenvalue weighted by molar-refractivity contribution is 7.99. The first-order chi connectivity index (χ1) is 8.58. The number of aromatic nitrogens is 2. The molecule has 2 rings (SSSR count). The Bertz CT molecular complexity index is 551. The number of halogens is 1. The van der Waals surface area contributed by atoms with Gasteiger partial charge in [-0.2, -0.15) is 5.10 Å². The van der Waals surface area contributed by atoms with Crippen molar-refractivity contribution in [3.8, 4) is 0 Å². The summed E-state index contributed by atoms with van der Waals surface area (Å²) in [5.74, 6) is -0.204. The molecule has 0 unspecified atom stereocenters. The van der Waals surface area contributed by atoms with Crippen molar-refractivity contribution in [3.63, 3.8) is 0 Å². The van der Waals surface area contributed by atoms with Gasteiger partial charge in [-0.1, -0.05) is 11.8 Å². The molecule has 5 heteroatoms. The second-order valence-corrected chi connectivity index (χ2v) is 5.27. The minimum Gasteiger partial charge on any atom is -0.316 e. The fraction of sp³-hybridized carbons (Fsp3) is 0.308. The molecule has 0 bridgehead atoms. The van der Waals surface area contributed by atoms with Crippen molar-refractivity contribution in [2.75, 3.05) is 7.05 Å². The zero-order valence-corrected chi connectivity index (χ0v) is 11.5. The molecule has 96 valence electrons. The van der Waals surface area contributed by atoms with E-state index in [0.717, 1.165) is 21.2 Å². The van der Waals surface area contributed by atoms with Crippen LogP contribution in [-0.4, -0.2) is 16.8 Å². The van der Waals surface area contributed by atoms with Crippen LogP contribution in [-0.2, 0) is 13.6 Å². The molecule has 0 spiro atoms. The van der Waals surface area contributed by atoms with Gasteiger partial charge in [-0.25, -0.2) is 4.39 Å². The standard InChI is InChI=1S/C13H16FN3S/c1-9-4-13(17(3)16-9)18-12-6-10(8-15-2)5-11(14)7-12/h4-7,15H,8H2,1-3H3. The summed E-state index contributed by atoms with van der Waals surface area (Å²) in [6, 6.07) is 7.08. The Morgan fingerprint density at radius 3 is 2.72 bits per heavy atom. The van der Waals surface area contributed by atoms with E-state index < -0.39 is 0 Å². The van der Waals surface area contributed by atoms with Gasteiger partial charge < -0.3 is 5.32 Å². The summed E-state index contributed by atoms with van der Waals surface area (Å²) in [5.41, 5.74) is 1.91. The molecule has 1 heterocycles. The molecule has 1 aromatic carbocycles. The van der Waals surface area contributed by atoms with Crippen LogP contribution in [0.1, 0.15) is 11.3 Å². The van der Waals surface area contributed by atoms with Crippen LogP contribution < -0.4 is 5.32 Å². The number of nitrogens with zero attached hydrogens (tertiary/aromatic N) is 2. The molecule has 18 heavy (non-hydrogen) atoms. The molecule has 0 saturated heterocycles. The minimum atomic E-state index is -0.204. The zero-order chi connectivity index (χ0) is 13.1. The Kier molecular flexibility index (Phi) is 4.04. The third-order valence-corrected chi connectivity index (χ3v) is 3.56. The smallest absolute Gasteiger partial charge is 0.124 e. The monoisotopic (exact) mass is 265 g/mol. The van der Waals surface area contributed by atoms with Crippen LogP contribution in [0.5, 0.6) is 0 Å². The van der Waals surface area contributed by atoms with Crippen LogP contribution in [0.15, 0.2) is 34.2 Å². The maximum Gasteiger partial charge on any atom is 0.124 e. The normalized spacial score (nSPS) is 10.9. The second kappa shape index (κ2) is 5.54. The van der Waals surface area contributed by atoms with E-state index in [0.29, 0.717) is 6.54 Å². The summed E-state index contributed by atoms with van der Waals surface area (Å²) in [6.45, 7) is 2.61. The summed E-state index contributed by atoms with van der Waals surface area (Å²) in [7, 11) is 3.74. The van der Waals surface area contributed by atoms with Crippen molar-refractivity contribution < 1.29 is 4.39 Å². The van der Waals surface area contributed by atoms with E-state index in [9.17, 15) is 4.39 Å². The van der Waals surface area contributed by atoms with Crippen molar-refractivity contribution in [1.29, 1.82) is 0 Å². The van der Waals surface area contributed by atoms with Crippen molar-refractivity contribution in [3.05, 3.63) is 41.3 Å². The molecule has 1 aromatic heterocycles. The zero-order valence-electron chi connectivity index (χ0n) is 10.7. The van der Waals surface area contributed by atoms with Gasteiger partial charge in [0, 0.05) is 18.5 Å². The number of hydrogen-bond acceptors (Lipinski definition) is 3. The summed E-state index contributed by atoms with van der Waals surface area (Å²) < 4.78 is 15.3. The largest absolute Gasteiger partial charge is 0.316 e. The van der Waals surface area contributed by atoms with Crippen LogP contribution in [0, 0.1) is 12.7 Å². The minimum absolute atomic E-state index is 0.204. The van der Waals surface area contributed by atoms with Crippen molar-refractivity contribution in [1.82, 2.24) is 15.1 Å². The maximum absolute atomic E-state index is 13.5. The summed E-state index contributed by atoms with van der Waals surface area (Å²) in [5, 5.41) is 8.31. The number of hydrogen-bond donors (Lipinski definition) is 1. The van der Waals surface area contributed by atoms with Crippen molar-refractivity contribution >= 4 is 11.8 Å². The molecule has 0 fully saturated rings. The molecule has 2 aromatic rings. The summed E-state index contributed by atoms with van der Waals surface area (Å²) in [6.07, 6.45) is 0. The van der Waals surface area contributed by atoms with E-state index in [2.05, 4.69) is 10.4 Å². The average molecular weight is 265 g/mol. The van der Waals surface area contributed by atoms with E-state index in [1.54, 1.807) is 12.1 Å². The first-order valence-corrected chi connectivity index (χ1v) is 6.52. The Balaban J connectivity index is 2.25.